The van der Waals surface area contributed by atoms with Gasteiger partial charge in [0.2, 0.25) is 0 Å². The number of rotatable bonds is 5. The molecule has 3 rings (SSSR count). The summed E-state index contributed by atoms with van der Waals surface area (Å²) in [6, 6.07) is 5.09. The summed E-state index contributed by atoms with van der Waals surface area (Å²) in [6.45, 7) is 0.0701. The first-order valence-electron chi connectivity index (χ1n) is 8.11. The van der Waals surface area contributed by atoms with Crippen molar-refractivity contribution in [1.82, 2.24) is 9.97 Å². The number of ether oxygens (including phenoxy) is 1. The van der Waals surface area contributed by atoms with Gasteiger partial charge in [-0.25, -0.2) is 19.2 Å². The fourth-order valence-electron chi connectivity index (χ4n) is 2.49. The molecular formula is C18H11Cl2F4N3O3. The van der Waals surface area contributed by atoms with Crippen LogP contribution in [-0.2, 0) is 17.5 Å². The first-order valence-corrected chi connectivity index (χ1v) is 8.86. The van der Waals surface area contributed by atoms with Gasteiger partial charge in [0.15, 0.2) is 11.5 Å². The molecule has 0 bridgehead atoms. The maximum absolute atomic E-state index is 14.7. The standard InChI is InChI=1S/C18H11Cl2F4N3O3/c1-29-17(28)14-12(20)16(25-7-8-3-2-6-30-8)27-15(26-14)9-4-5-10(19)11(13(9)21)18(22,23)24/h2-6H,7H2,1H3,(H,25,26,27). The number of nitrogens with one attached hydrogen (secondary N) is 1. The summed E-state index contributed by atoms with van der Waals surface area (Å²) in [5.41, 5.74) is -2.77. The minimum atomic E-state index is -5.06. The van der Waals surface area contributed by atoms with Crippen molar-refractivity contribution in [3.63, 3.8) is 0 Å². The van der Waals surface area contributed by atoms with Gasteiger partial charge in [0.25, 0.3) is 0 Å². The molecule has 0 saturated heterocycles. The van der Waals surface area contributed by atoms with Crippen molar-refractivity contribution in [2.24, 2.45) is 0 Å². The lowest BCUT2D eigenvalue weighted by Crippen LogP contribution is -2.13. The molecule has 6 nitrogen and oxygen atoms in total. The van der Waals surface area contributed by atoms with E-state index in [1.54, 1.807) is 12.1 Å². The number of carbonyl (C=O) groups is 1. The van der Waals surface area contributed by atoms with E-state index in [2.05, 4.69) is 20.0 Å². The van der Waals surface area contributed by atoms with E-state index in [9.17, 15) is 22.4 Å². The number of carbonyl (C=O) groups excluding carboxylic acids is 1. The van der Waals surface area contributed by atoms with Gasteiger partial charge in [0.1, 0.15) is 28.0 Å². The molecule has 0 atom stereocenters. The van der Waals surface area contributed by atoms with E-state index in [0.29, 0.717) is 5.76 Å². The average molecular weight is 464 g/mol. The van der Waals surface area contributed by atoms with Gasteiger partial charge >= 0.3 is 12.1 Å². The van der Waals surface area contributed by atoms with Crippen LogP contribution in [-0.4, -0.2) is 23.0 Å². The quantitative estimate of drug-likeness (QED) is 0.392. The Bertz CT molecular complexity index is 1090. The minimum Gasteiger partial charge on any atom is -0.467 e. The summed E-state index contributed by atoms with van der Waals surface area (Å²) in [5, 5.41) is 1.67. The second-order valence-electron chi connectivity index (χ2n) is 5.76. The van der Waals surface area contributed by atoms with E-state index >= 15 is 0 Å². The van der Waals surface area contributed by atoms with Crippen LogP contribution in [0, 0.1) is 5.82 Å². The zero-order valence-corrected chi connectivity index (χ0v) is 16.5. The Labute approximate surface area is 176 Å². The first-order chi connectivity index (χ1) is 14.1. The summed E-state index contributed by atoms with van der Waals surface area (Å²) in [4.78, 5) is 19.8. The van der Waals surface area contributed by atoms with Crippen LogP contribution in [0.5, 0.6) is 0 Å². The van der Waals surface area contributed by atoms with Crippen molar-refractivity contribution in [2.75, 3.05) is 12.4 Å². The summed E-state index contributed by atoms with van der Waals surface area (Å²) in [7, 11) is 1.06. The first kappa shape index (κ1) is 21.8. The van der Waals surface area contributed by atoms with Gasteiger partial charge in [0.05, 0.1) is 30.5 Å². The van der Waals surface area contributed by atoms with Gasteiger partial charge in [0, 0.05) is 0 Å². The van der Waals surface area contributed by atoms with Crippen molar-refractivity contribution in [2.45, 2.75) is 12.7 Å². The lowest BCUT2D eigenvalue weighted by molar-refractivity contribution is -0.139. The van der Waals surface area contributed by atoms with Crippen molar-refractivity contribution >= 4 is 35.0 Å². The Hall–Kier alpha value is -2.85. The maximum Gasteiger partial charge on any atom is 0.420 e. The predicted octanol–water partition coefficient (Wildman–Crippen LogP) is 5.60. The molecule has 0 unspecified atom stereocenters. The van der Waals surface area contributed by atoms with Gasteiger partial charge in [-0.2, -0.15) is 13.2 Å². The largest absolute Gasteiger partial charge is 0.467 e. The Balaban J connectivity index is 2.15. The van der Waals surface area contributed by atoms with Gasteiger partial charge in [-0.1, -0.05) is 23.2 Å². The van der Waals surface area contributed by atoms with Crippen molar-refractivity contribution < 1.29 is 31.5 Å². The van der Waals surface area contributed by atoms with Crippen LogP contribution >= 0.6 is 23.2 Å². The van der Waals surface area contributed by atoms with Crippen molar-refractivity contribution in [3.05, 3.63) is 63.4 Å². The molecule has 3 aromatic rings. The van der Waals surface area contributed by atoms with Crippen LogP contribution in [0.3, 0.4) is 0 Å². The molecule has 0 amide bonds. The number of hydrogen-bond donors (Lipinski definition) is 1. The summed E-state index contributed by atoms with van der Waals surface area (Å²) in [6.07, 6.45) is -3.64. The highest BCUT2D eigenvalue weighted by atomic mass is 35.5. The third-order valence-electron chi connectivity index (χ3n) is 3.86. The molecule has 1 aromatic carbocycles. The van der Waals surface area contributed by atoms with E-state index in [1.807, 2.05) is 0 Å². The number of anilines is 1. The molecule has 12 heteroatoms. The molecule has 0 radical (unpaired) electrons. The zero-order chi connectivity index (χ0) is 22.1. The highest BCUT2D eigenvalue weighted by Gasteiger charge is 2.38. The van der Waals surface area contributed by atoms with Crippen molar-refractivity contribution in [1.29, 1.82) is 0 Å². The number of nitrogens with zero attached hydrogens (tertiary/aromatic N) is 2. The van der Waals surface area contributed by atoms with E-state index < -0.39 is 45.6 Å². The van der Waals surface area contributed by atoms with Crippen molar-refractivity contribution in [3.8, 4) is 11.4 Å². The van der Waals surface area contributed by atoms with Gasteiger partial charge < -0.3 is 14.5 Å². The molecule has 0 fully saturated rings. The molecule has 1 N–H and O–H groups in total. The number of methoxy groups -OCH3 is 1. The SMILES string of the molecule is COC(=O)c1nc(-c2ccc(Cl)c(C(F)(F)F)c2F)nc(NCc2ccco2)c1Cl. The Morgan fingerprint density at radius 1 is 1.23 bits per heavy atom. The molecule has 0 aliphatic heterocycles. The van der Waals surface area contributed by atoms with Crippen LogP contribution in [0.4, 0.5) is 23.4 Å². The second kappa shape index (κ2) is 8.49. The fourth-order valence-corrected chi connectivity index (χ4v) is 2.97. The number of aromatic nitrogens is 2. The highest BCUT2D eigenvalue weighted by Crippen LogP contribution is 2.40. The molecule has 0 aliphatic rings. The number of halogens is 6. The van der Waals surface area contributed by atoms with Crippen LogP contribution in [0.25, 0.3) is 11.4 Å². The molecule has 2 heterocycles. The maximum atomic E-state index is 14.7. The van der Waals surface area contributed by atoms with Gasteiger partial charge in [-0.15, -0.1) is 0 Å². The van der Waals surface area contributed by atoms with E-state index in [1.165, 1.54) is 6.26 Å². The van der Waals surface area contributed by atoms with E-state index in [-0.39, 0.29) is 17.4 Å². The zero-order valence-electron chi connectivity index (χ0n) is 15.0. The number of furan rings is 1. The van der Waals surface area contributed by atoms with E-state index in [0.717, 1.165) is 19.2 Å². The number of hydrogen-bond acceptors (Lipinski definition) is 6. The Morgan fingerprint density at radius 3 is 2.57 bits per heavy atom. The Kier molecular flexibility index (Phi) is 6.18. The van der Waals surface area contributed by atoms with Crippen LogP contribution in [0.1, 0.15) is 21.8 Å². The summed E-state index contributed by atoms with van der Waals surface area (Å²) >= 11 is 11.7. The minimum absolute atomic E-state index is 0.0701. The lowest BCUT2D eigenvalue weighted by Gasteiger charge is -2.15. The summed E-state index contributed by atoms with van der Waals surface area (Å²) in [5.74, 6) is -2.87. The van der Waals surface area contributed by atoms with E-state index in [4.69, 9.17) is 27.6 Å². The lowest BCUT2D eigenvalue weighted by atomic mass is 10.1. The molecule has 30 heavy (non-hydrogen) atoms. The third kappa shape index (κ3) is 4.34. The fraction of sp³-hybridized carbons (Fsp3) is 0.167. The predicted molar refractivity (Wildman–Crippen MR) is 99.8 cm³/mol. The molecule has 0 spiro atoms. The average Bonchev–Trinajstić information content (AvgIpc) is 3.19. The van der Waals surface area contributed by atoms with Crippen LogP contribution < -0.4 is 5.32 Å². The molecule has 0 saturated carbocycles. The van der Waals surface area contributed by atoms with Gasteiger partial charge in [-0.3, -0.25) is 0 Å². The smallest absolute Gasteiger partial charge is 0.420 e. The molecule has 158 valence electrons. The molecule has 2 aromatic heterocycles. The highest BCUT2D eigenvalue weighted by molar-refractivity contribution is 6.35. The third-order valence-corrected chi connectivity index (χ3v) is 4.53. The number of benzene rings is 1. The van der Waals surface area contributed by atoms with Crippen LogP contribution in [0.15, 0.2) is 34.9 Å². The number of esters is 1. The van der Waals surface area contributed by atoms with Crippen LogP contribution in [0.2, 0.25) is 10.0 Å². The topological polar surface area (TPSA) is 77.2 Å². The molecular weight excluding hydrogens is 453 g/mol. The molecule has 0 aliphatic carbocycles. The second-order valence-corrected chi connectivity index (χ2v) is 6.55. The van der Waals surface area contributed by atoms with Gasteiger partial charge in [-0.05, 0) is 24.3 Å². The monoisotopic (exact) mass is 463 g/mol. The number of alkyl halides is 3. The summed E-state index contributed by atoms with van der Waals surface area (Å²) < 4.78 is 64.1. The Morgan fingerprint density at radius 2 is 1.97 bits per heavy atom. The normalized spacial score (nSPS) is 11.4.